The van der Waals surface area contributed by atoms with Gasteiger partial charge in [-0.25, -0.2) is 4.98 Å². The van der Waals surface area contributed by atoms with Gasteiger partial charge in [0.2, 0.25) is 5.91 Å². The summed E-state index contributed by atoms with van der Waals surface area (Å²) in [6.07, 6.45) is 3.82. The maximum absolute atomic E-state index is 12.0. The fourth-order valence-electron chi connectivity index (χ4n) is 2.22. The molecule has 0 aliphatic carbocycles. The van der Waals surface area contributed by atoms with Crippen molar-refractivity contribution in [2.45, 2.75) is 19.3 Å². The van der Waals surface area contributed by atoms with Crippen molar-refractivity contribution >= 4 is 22.9 Å². The number of rotatable bonds is 6. The number of carbonyl (C=O) groups excluding carboxylic acids is 1. The Kier molecular flexibility index (Phi) is 5.11. The predicted molar refractivity (Wildman–Crippen MR) is 92.5 cm³/mol. The summed E-state index contributed by atoms with van der Waals surface area (Å²) in [4.78, 5) is 20.9. The molecule has 0 atom stereocenters. The standard InChI is InChI=1S/C18H17N3OS/c22-17(20-15-7-2-1-3-8-15)12-16-13-23-18(21-16)10-9-14-6-4-5-11-19-14/h1-8,11,13H,9-10,12H2,(H,20,22). The first-order chi connectivity index (χ1) is 11.3. The third kappa shape index (κ3) is 4.72. The summed E-state index contributed by atoms with van der Waals surface area (Å²) in [7, 11) is 0. The van der Waals surface area contributed by atoms with E-state index in [0.29, 0.717) is 6.42 Å². The molecule has 1 aromatic carbocycles. The number of benzene rings is 1. The Morgan fingerprint density at radius 2 is 1.83 bits per heavy atom. The number of amides is 1. The molecule has 0 spiro atoms. The molecule has 0 unspecified atom stereocenters. The van der Waals surface area contributed by atoms with E-state index in [2.05, 4.69) is 15.3 Å². The Morgan fingerprint density at radius 3 is 2.61 bits per heavy atom. The van der Waals surface area contributed by atoms with Crippen molar-refractivity contribution in [3.05, 3.63) is 76.5 Å². The Labute approximate surface area is 139 Å². The summed E-state index contributed by atoms with van der Waals surface area (Å²) in [5, 5.41) is 5.87. The van der Waals surface area contributed by atoms with Crippen LogP contribution in [0.25, 0.3) is 0 Å². The number of para-hydroxylation sites is 1. The summed E-state index contributed by atoms with van der Waals surface area (Å²) in [5.74, 6) is -0.0437. The van der Waals surface area contributed by atoms with Crippen LogP contribution >= 0.6 is 11.3 Å². The molecule has 0 saturated heterocycles. The number of hydrogen-bond donors (Lipinski definition) is 1. The Balaban J connectivity index is 1.52. The molecule has 2 aromatic heterocycles. The van der Waals surface area contributed by atoms with Crippen LogP contribution in [-0.4, -0.2) is 15.9 Å². The smallest absolute Gasteiger partial charge is 0.230 e. The van der Waals surface area contributed by atoms with Crippen LogP contribution in [0.4, 0.5) is 5.69 Å². The summed E-state index contributed by atoms with van der Waals surface area (Å²) in [6.45, 7) is 0. The third-order valence-electron chi connectivity index (χ3n) is 3.32. The summed E-state index contributed by atoms with van der Waals surface area (Å²) < 4.78 is 0. The molecule has 3 aromatic rings. The normalized spacial score (nSPS) is 10.4. The highest BCUT2D eigenvalue weighted by molar-refractivity contribution is 7.09. The van der Waals surface area contributed by atoms with Crippen molar-refractivity contribution in [2.75, 3.05) is 5.32 Å². The number of pyridine rings is 1. The van der Waals surface area contributed by atoms with Gasteiger partial charge in [-0.15, -0.1) is 11.3 Å². The van der Waals surface area contributed by atoms with Crippen molar-refractivity contribution in [2.24, 2.45) is 0 Å². The van der Waals surface area contributed by atoms with Gasteiger partial charge >= 0.3 is 0 Å². The Morgan fingerprint density at radius 1 is 1.00 bits per heavy atom. The van der Waals surface area contributed by atoms with E-state index in [1.807, 2.05) is 53.9 Å². The molecule has 0 radical (unpaired) electrons. The van der Waals surface area contributed by atoms with Gasteiger partial charge in [-0.1, -0.05) is 24.3 Å². The first-order valence-corrected chi connectivity index (χ1v) is 8.35. The van der Waals surface area contributed by atoms with Crippen molar-refractivity contribution in [3.8, 4) is 0 Å². The van der Waals surface area contributed by atoms with Crippen LogP contribution in [0.2, 0.25) is 0 Å². The molecule has 2 heterocycles. The van der Waals surface area contributed by atoms with E-state index < -0.39 is 0 Å². The highest BCUT2D eigenvalue weighted by atomic mass is 32.1. The molecule has 0 bridgehead atoms. The lowest BCUT2D eigenvalue weighted by Crippen LogP contribution is -2.14. The SMILES string of the molecule is O=C(Cc1csc(CCc2ccccn2)n1)Nc1ccccc1. The van der Waals surface area contributed by atoms with Crippen molar-refractivity contribution in [1.82, 2.24) is 9.97 Å². The zero-order valence-corrected chi connectivity index (χ0v) is 13.4. The van der Waals surface area contributed by atoms with E-state index in [0.717, 1.165) is 34.9 Å². The highest BCUT2D eigenvalue weighted by Crippen LogP contribution is 2.14. The van der Waals surface area contributed by atoms with Crippen LogP contribution < -0.4 is 5.32 Å². The van der Waals surface area contributed by atoms with E-state index in [9.17, 15) is 4.79 Å². The van der Waals surface area contributed by atoms with Gasteiger partial charge < -0.3 is 5.32 Å². The average molecular weight is 323 g/mol. The van der Waals surface area contributed by atoms with Crippen LogP contribution in [-0.2, 0) is 24.1 Å². The van der Waals surface area contributed by atoms with Gasteiger partial charge in [0.05, 0.1) is 17.1 Å². The molecule has 1 amide bonds. The van der Waals surface area contributed by atoms with E-state index in [4.69, 9.17) is 0 Å². The van der Waals surface area contributed by atoms with Gasteiger partial charge in [0.1, 0.15) is 0 Å². The number of hydrogen-bond acceptors (Lipinski definition) is 4. The lowest BCUT2D eigenvalue weighted by molar-refractivity contribution is -0.115. The zero-order chi connectivity index (χ0) is 15.9. The highest BCUT2D eigenvalue weighted by Gasteiger charge is 2.08. The Hall–Kier alpha value is -2.53. The molecule has 0 saturated carbocycles. The zero-order valence-electron chi connectivity index (χ0n) is 12.6. The fraction of sp³-hybridized carbons (Fsp3) is 0.167. The molecule has 0 aliphatic rings. The van der Waals surface area contributed by atoms with Gasteiger partial charge in [-0.3, -0.25) is 9.78 Å². The number of thiazole rings is 1. The lowest BCUT2D eigenvalue weighted by atomic mass is 10.2. The van der Waals surface area contributed by atoms with Gasteiger partial charge in [-0.2, -0.15) is 0 Å². The van der Waals surface area contributed by atoms with Crippen molar-refractivity contribution in [1.29, 1.82) is 0 Å². The first-order valence-electron chi connectivity index (χ1n) is 7.48. The number of aryl methyl sites for hydroxylation is 2. The van der Waals surface area contributed by atoms with Gasteiger partial charge in [-0.05, 0) is 30.7 Å². The molecule has 5 heteroatoms. The van der Waals surface area contributed by atoms with E-state index >= 15 is 0 Å². The number of anilines is 1. The van der Waals surface area contributed by atoms with Gasteiger partial charge in [0, 0.05) is 29.4 Å². The molecule has 1 N–H and O–H groups in total. The van der Waals surface area contributed by atoms with E-state index in [1.165, 1.54) is 0 Å². The Bertz CT molecular complexity index is 756. The molecule has 23 heavy (non-hydrogen) atoms. The van der Waals surface area contributed by atoms with Crippen LogP contribution in [0.3, 0.4) is 0 Å². The van der Waals surface area contributed by atoms with Gasteiger partial charge in [0.25, 0.3) is 0 Å². The van der Waals surface area contributed by atoms with Crippen molar-refractivity contribution in [3.63, 3.8) is 0 Å². The minimum absolute atomic E-state index is 0.0437. The fourth-order valence-corrected chi connectivity index (χ4v) is 3.02. The molecule has 3 rings (SSSR count). The average Bonchev–Trinajstić information content (AvgIpc) is 3.02. The summed E-state index contributed by atoms with van der Waals surface area (Å²) >= 11 is 1.60. The maximum atomic E-state index is 12.0. The van der Waals surface area contributed by atoms with Crippen LogP contribution in [0.1, 0.15) is 16.4 Å². The minimum Gasteiger partial charge on any atom is -0.326 e. The summed E-state index contributed by atoms with van der Waals surface area (Å²) in [5.41, 5.74) is 2.69. The number of nitrogens with one attached hydrogen (secondary N) is 1. The monoisotopic (exact) mass is 323 g/mol. The lowest BCUT2D eigenvalue weighted by Gasteiger charge is -2.03. The maximum Gasteiger partial charge on any atom is 0.230 e. The second-order valence-electron chi connectivity index (χ2n) is 5.14. The number of aromatic nitrogens is 2. The second-order valence-corrected chi connectivity index (χ2v) is 6.09. The molecule has 4 nitrogen and oxygen atoms in total. The number of nitrogens with zero attached hydrogens (tertiary/aromatic N) is 2. The second kappa shape index (κ2) is 7.65. The molecular weight excluding hydrogens is 306 g/mol. The number of carbonyl (C=O) groups is 1. The van der Waals surface area contributed by atoms with Crippen LogP contribution in [0, 0.1) is 0 Å². The molecule has 116 valence electrons. The molecule has 0 aliphatic heterocycles. The minimum atomic E-state index is -0.0437. The largest absolute Gasteiger partial charge is 0.326 e. The molecular formula is C18H17N3OS. The van der Waals surface area contributed by atoms with Crippen LogP contribution in [0.15, 0.2) is 60.1 Å². The van der Waals surface area contributed by atoms with Crippen molar-refractivity contribution < 1.29 is 4.79 Å². The van der Waals surface area contributed by atoms with E-state index in [1.54, 1.807) is 17.5 Å². The topological polar surface area (TPSA) is 54.9 Å². The van der Waals surface area contributed by atoms with Gasteiger partial charge in [0.15, 0.2) is 0 Å². The van der Waals surface area contributed by atoms with E-state index in [-0.39, 0.29) is 5.91 Å². The van der Waals surface area contributed by atoms with Crippen LogP contribution in [0.5, 0.6) is 0 Å². The first kappa shape index (κ1) is 15.4. The quantitative estimate of drug-likeness (QED) is 0.755. The third-order valence-corrected chi connectivity index (χ3v) is 4.28. The molecule has 0 fully saturated rings. The predicted octanol–water partition coefficient (Wildman–Crippen LogP) is 3.50. The summed E-state index contributed by atoms with van der Waals surface area (Å²) in [6, 6.07) is 15.4.